The van der Waals surface area contributed by atoms with Gasteiger partial charge in [-0.15, -0.1) is 0 Å². The lowest BCUT2D eigenvalue weighted by Crippen LogP contribution is -2.25. The Labute approximate surface area is 124 Å². The molecule has 19 heavy (non-hydrogen) atoms. The molecule has 1 saturated heterocycles. The SMILES string of the molecule is CCc1nn(CC)c(CN2CCC(CNC)C2)c1Br. The third-order valence-electron chi connectivity index (χ3n) is 3.93. The van der Waals surface area contributed by atoms with Gasteiger partial charge in [0.05, 0.1) is 15.9 Å². The second kappa shape index (κ2) is 6.86. The van der Waals surface area contributed by atoms with Gasteiger partial charge in [0.1, 0.15) is 0 Å². The highest BCUT2D eigenvalue weighted by Crippen LogP contribution is 2.26. The molecule has 1 unspecified atom stereocenters. The Morgan fingerprint density at radius 1 is 1.42 bits per heavy atom. The van der Waals surface area contributed by atoms with Gasteiger partial charge in [-0.25, -0.2) is 0 Å². The van der Waals surface area contributed by atoms with Crippen LogP contribution in [0.3, 0.4) is 0 Å². The van der Waals surface area contributed by atoms with Gasteiger partial charge in [0.25, 0.3) is 0 Å². The van der Waals surface area contributed by atoms with Crippen molar-refractivity contribution in [1.29, 1.82) is 0 Å². The highest BCUT2D eigenvalue weighted by Gasteiger charge is 2.24. The van der Waals surface area contributed by atoms with E-state index in [1.54, 1.807) is 0 Å². The summed E-state index contributed by atoms with van der Waals surface area (Å²) in [5.74, 6) is 0.799. The monoisotopic (exact) mass is 328 g/mol. The Bertz CT molecular complexity index is 416. The van der Waals surface area contributed by atoms with Gasteiger partial charge in [0.2, 0.25) is 0 Å². The van der Waals surface area contributed by atoms with Crippen LogP contribution in [0.1, 0.15) is 31.7 Å². The van der Waals surface area contributed by atoms with E-state index in [0.29, 0.717) is 0 Å². The zero-order chi connectivity index (χ0) is 13.8. The van der Waals surface area contributed by atoms with Crippen LogP contribution in [0.5, 0.6) is 0 Å². The standard InChI is InChI=1S/C14H25BrN4/c1-4-12-14(15)13(19(5-2)17-12)10-18-7-6-11(9-18)8-16-3/h11,16H,4-10H2,1-3H3. The molecule has 1 aromatic heterocycles. The van der Waals surface area contributed by atoms with Crippen molar-refractivity contribution in [1.82, 2.24) is 20.0 Å². The van der Waals surface area contributed by atoms with Gasteiger partial charge in [-0.1, -0.05) is 6.92 Å². The fourth-order valence-corrected chi connectivity index (χ4v) is 3.58. The van der Waals surface area contributed by atoms with Crippen LogP contribution in [-0.2, 0) is 19.5 Å². The molecule has 0 amide bonds. The van der Waals surface area contributed by atoms with E-state index >= 15 is 0 Å². The van der Waals surface area contributed by atoms with Crippen LogP contribution in [0.2, 0.25) is 0 Å². The maximum atomic E-state index is 4.67. The fraction of sp³-hybridized carbons (Fsp3) is 0.786. The third-order valence-corrected chi connectivity index (χ3v) is 4.85. The smallest absolute Gasteiger partial charge is 0.0767 e. The summed E-state index contributed by atoms with van der Waals surface area (Å²) in [7, 11) is 2.04. The summed E-state index contributed by atoms with van der Waals surface area (Å²) in [5.41, 5.74) is 2.52. The van der Waals surface area contributed by atoms with Crippen LogP contribution in [0.4, 0.5) is 0 Å². The van der Waals surface area contributed by atoms with Crippen LogP contribution < -0.4 is 5.32 Å². The van der Waals surface area contributed by atoms with Crippen LogP contribution in [0.15, 0.2) is 4.47 Å². The first-order chi connectivity index (χ1) is 9.19. The molecule has 5 heteroatoms. The molecular formula is C14H25BrN4. The average Bonchev–Trinajstić information content (AvgIpc) is 2.97. The summed E-state index contributed by atoms with van der Waals surface area (Å²) in [6.07, 6.45) is 2.29. The summed E-state index contributed by atoms with van der Waals surface area (Å²) in [6, 6.07) is 0. The fourth-order valence-electron chi connectivity index (χ4n) is 2.89. The minimum absolute atomic E-state index is 0.799. The van der Waals surface area contributed by atoms with Crippen molar-refractivity contribution < 1.29 is 0 Å². The summed E-state index contributed by atoms with van der Waals surface area (Å²) < 4.78 is 3.36. The molecule has 0 aromatic carbocycles. The molecule has 0 spiro atoms. The van der Waals surface area contributed by atoms with Crippen LogP contribution in [0, 0.1) is 5.92 Å². The van der Waals surface area contributed by atoms with Crippen molar-refractivity contribution in [2.75, 3.05) is 26.7 Å². The maximum Gasteiger partial charge on any atom is 0.0767 e. The molecule has 1 atom stereocenters. The van der Waals surface area contributed by atoms with Crippen molar-refractivity contribution in [2.24, 2.45) is 5.92 Å². The topological polar surface area (TPSA) is 33.1 Å². The zero-order valence-corrected chi connectivity index (χ0v) is 13.8. The maximum absolute atomic E-state index is 4.67. The number of halogens is 1. The van der Waals surface area contributed by atoms with Gasteiger partial charge < -0.3 is 5.32 Å². The number of hydrogen-bond acceptors (Lipinski definition) is 3. The van der Waals surface area contributed by atoms with E-state index < -0.39 is 0 Å². The van der Waals surface area contributed by atoms with E-state index in [1.165, 1.54) is 35.4 Å². The first-order valence-corrected chi connectivity index (χ1v) is 8.09. The molecular weight excluding hydrogens is 304 g/mol. The molecule has 1 aromatic rings. The number of rotatable bonds is 6. The molecule has 1 fully saturated rings. The number of nitrogens with one attached hydrogen (secondary N) is 1. The Morgan fingerprint density at radius 2 is 2.21 bits per heavy atom. The van der Waals surface area contributed by atoms with Gasteiger partial charge in [-0.2, -0.15) is 5.10 Å². The van der Waals surface area contributed by atoms with Crippen LogP contribution in [-0.4, -0.2) is 41.4 Å². The molecule has 0 radical (unpaired) electrons. The third kappa shape index (κ3) is 3.38. The summed E-state index contributed by atoms with van der Waals surface area (Å²) in [6.45, 7) is 9.82. The van der Waals surface area contributed by atoms with Crippen molar-refractivity contribution in [3.05, 3.63) is 15.9 Å². The Kier molecular flexibility index (Phi) is 5.42. The van der Waals surface area contributed by atoms with Gasteiger partial charge in [0, 0.05) is 19.6 Å². The van der Waals surface area contributed by atoms with Gasteiger partial charge >= 0.3 is 0 Å². The second-order valence-corrected chi connectivity index (χ2v) is 6.12. The average molecular weight is 329 g/mol. The number of aromatic nitrogens is 2. The molecule has 0 saturated carbocycles. The molecule has 1 aliphatic heterocycles. The number of nitrogens with zero attached hydrogens (tertiary/aromatic N) is 3. The number of likely N-dealkylation sites (tertiary alicyclic amines) is 1. The predicted octanol–water partition coefficient (Wildman–Crippen LogP) is 2.27. The minimum atomic E-state index is 0.799. The first-order valence-electron chi connectivity index (χ1n) is 7.30. The highest BCUT2D eigenvalue weighted by atomic mass is 79.9. The molecule has 1 aliphatic rings. The quantitative estimate of drug-likeness (QED) is 0.869. The van der Waals surface area contributed by atoms with Crippen molar-refractivity contribution >= 4 is 15.9 Å². The molecule has 108 valence electrons. The van der Waals surface area contributed by atoms with E-state index in [1.807, 2.05) is 7.05 Å². The zero-order valence-electron chi connectivity index (χ0n) is 12.2. The minimum Gasteiger partial charge on any atom is -0.319 e. The molecule has 2 heterocycles. The van der Waals surface area contributed by atoms with Gasteiger partial charge in [-0.3, -0.25) is 9.58 Å². The molecule has 2 rings (SSSR count). The van der Waals surface area contributed by atoms with E-state index in [9.17, 15) is 0 Å². The lowest BCUT2D eigenvalue weighted by Gasteiger charge is -2.17. The molecule has 1 N–H and O–H groups in total. The van der Waals surface area contributed by atoms with E-state index in [0.717, 1.165) is 32.0 Å². The predicted molar refractivity (Wildman–Crippen MR) is 82.3 cm³/mol. The second-order valence-electron chi connectivity index (χ2n) is 5.32. The Morgan fingerprint density at radius 3 is 2.84 bits per heavy atom. The number of aryl methyl sites for hydroxylation is 2. The summed E-state index contributed by atoms with van der Waals surface area (Å²) >= 11 is 3.73. The van der Waals surface area contributed by atoms with Crippen molar-refractivity contribution in [3.63, 3.8) is 0 Å². The molecule has 0 aliphatic carbocycles. The Balaban J connectivity index is 2.05. The van der Waals surface area contributed by atoms with E-state index in [2.05, 4.69) is 49.8 Å². The summed E-state index contributed by atoms with van der Waals surface area (Å²) in [4.78, 5) is 2.55. The largest absolute Gasteiger partial charge is 0.319 e. The lowest BCUT2D eigenvalue weighted by atomic mass is 10.1. The van der Waals surface area contributed by atoms with E-state index in [4.69, 9.17) is 0 Å². The summed E-state index contributed by atoms with van der Waals surface area (Å²) in [5, 5.41) is 7.96. The van der Waals surface area contributed by atoms with Gasteiger partial charge in [0.15, 0.2) is 0 Å². The van der Waals surface area contributed by atoms with Gasteiger partial charge in [-0.05, 0) is 61.8 Å². The Hall–Kier alpha value is -0.390. The van der Waals surface area contributed by atoms with Crippen molar-refractivity contribution in [2.45, 2.75) is 39.8 Å². The van der Waals surface area contributed by atoms with Crippen LogP contribution >= 0.6 is 15.9 Å². The molecule has 0 bridgehead atoms. The van der Waals surface area contributed by atoms with Crippen molar-refractivity contribution in [3.8, 4) is 0 Å². The first kappa shape index (κ1) is 15.0. The van der Waals surface area contributed by atoms with E-state index in [-0.39, 0.29) is 0 Å². The van der Waals surface area contributed by atoms with Crippen LogP contribution in [0.25, 0.3) is 0 Å². The lowest BCUT2D eigenvalue weighted by molar-refractivity contribution is 0.304. The number of hydrogen-bond donors (Lipinski definition) is 1. The normalized spacial score (nSPS) is 20.3. The highest BCUT2D eigenvalue weighted by molar-refractivity contribution is 9.10. The molecule has 4 nitrogen and oxygen atoms in total.